The molecular weight excluding hydrogens is 300 g/mol. The number of nitriles is 1. The third-order valence-corrected chi connectivity index (χ3v) is 3.76. The van der Waals surface area contributed by atoms with Gasteiger partial charge in [-0.2, -0.15) is 5.26 Å². The monoisotopic (exact) mass is 322 g/mol. The smallest absolute Gasteiger partial charge is 0.322 e. The van der Waals surface area contributed by atoms with Crippen LogP contribution in [-0.2, 0) is 6.54 Å². The highest BCUT2D eigenvalue weighted by Crippen LogP contribution is 2.15. The Hall–Kier alpha value is -3.00. The molecule has 0 fully saturated rings. The van der Waals surface area contributed by atoms with E-state index in [9.17, 15) is 4.79 Å². The van der Waals surface area contributed by atoms with Gasteiger partial charge in [-0.3, -0.25) is 0 Å². The number of hydrogen-bond acceptors (Lipinski definition) is 3. The van der Waals surface area contributed by atoms with Gasteiger partial charge in [0.2, 0.25) is 0 Å². The summed E-state index contributed by atoms with van der Waals surface area (Å²) < 4.78 is 0. The maximum Gasteiger partial charge on any atom is 0.322 e. The summed E-state index contributed by atoms with van der Waals surface area (Å²) in [5.41, 5.74) is 3.46. The van der Waals surface area contributed by atoms with Gasteiger partial charge in [-0.05, 0) is 48.9 Å². The van der Waals surface area contributed by atoms with Gasteiger partial charge in [-0.25, -0.2) is 4.79 Å². The molecule has 0 atom stereocenters. The molecule has 0 aromatic heterocycles. The first-order valence-corrected chi connectivity index (χ1v) is 7.86. The first-order chi connectivity index (χ1) is 11.5. The number of benzene rings is 2. The lowest BCUT2D eigenvalue weighted by Gasteiger charge is -2.22. The number of nitrogens with zero attached hydrogens (tertiary/aromatic N) is 3. The van der Waals surface area contributed by atoms with Crippen LogP contribution in [0, 0.1) is 11.3 Å². The quantitative estimate of drug-likeness (QED) is 0.913. The molecular formula is C19H22N4O. The zero-order chi connectivity index (χ0) is 17.5. The number of carbonyl (C=O) groups excluding carboxylic acids is 1. The maximum atomic E-state index is 12.4. The van der Waals surface area contributed by atoms with Crippen molar-refractivity contribution in [2.24, 2.45) is 0 Å². The molecule has 5 heteroatoms. The summed E-state index contributed by atoms with van der Waals surface area (Å²) in [7, 11) is 4.00. The summed E-state index contributed by atoms with van der Waals surface area (Å²) in [6, 6.07) is 16.9. The van der Waals surface area contributed by atoms with Crippen molar-refractivity contribution < 1.29 is 4.79 Å². The van der Waals surface area contributed by atoms with E-state index in [0.29, 0.717) is 24.3 Å². The van der Waals surface area contributed by atoms with Crippen LogP contribution < -0.4 is 10.2 Å². The fraction of sp³-hybridized carbons (Fsp3) is 0.263. The molecule has 124 valence electrons. The van der Waals surface area contributed by atoms with E-state index in [1.165, 1.54) is 0 Å². The molecule has 0 aliphatic carbocycles. The van der Waals surface area contributed by atoms with Crippen molar-refractivity contribution in [1.29, 1.82) is 5.26 Å². The van der Waals surface area contributed by atoms with E-state index < -0.39 is 0 Å². The van der Waals surface area contributed by atoms with E-state index >= 15 is 0 Å². The number of hydrogen-bond donors (Lipinski definition) is 1. The van der Waals surface area contributed by atoms with E-state index in [4.69, 9.17) is 5.26 Å². The minimum absolute atomic E-state index is 0.154. The predicted molar refractivity (Wildman–Crippen MR) is 97.0 cm³/mol. The van der Waals surface area contributed by atoms with Crippen molar-refractivity contribution in [3.05, 3.63) is 59.7 Å². The van der Waals surface area contributed by atoms with Crippen LogP contribution >= 0.6 is 0 Å². The minimum Gasteiger partial charge on any atom is -0.378 e. The summed E-state index contributed by atoms with van der Waals surface area (Å²) >= 11 is 0. The molecule has 0 saturated carbocycles. The van der Waals surface area contributed by atoms with Gasteiger partial charge in [0.1, 0.15) is 0 Å². The molecule has 2 aromatic carbocycles. The maximum absolute atomic E-state index is 12.4. The van der Waals surface area contributed by atoms with E-state index in [1.54, 1.807) is 29.2 Å². The molecule has 2 aromatic rings. The van der Waals surface area contributed by atoms with Crippen LogP contribution in [0.2, 0.25) is 0 Å². The number of amides is 2. The second-order valence-corrected chi connectivity index (χ2v) is 5.69. The Bertz CT molecular complexity index is 715. The highest BCUT2D eigenvalue weighted by Gasteiger charge is 2.12. The lowest BCUT2D eigenvalue weighted by atomic mass is 10.2. The van der Waals surface area contributed by atoms with Gasteiger partial charge in [-0.1, -0.05) is 12.1 Å². The standard InChI is InChI=1S/C19H22N4O/c1-4-23(14-16-7-11-18(12-8-16)22(2)3)19(24)21-17-9-5-15(13-20)6-10-17/h5-12H,4,14H2,1-3H3,(H,21,24). The Morgan fingerprint density at radius 3 is 2.21 bits per heavy atom. The summed E-state index contributed by atoms with van der Waals surface area (Å²) in [5.74, 6) is 0. The van der Waals surface area contributed by atoms with Crippen molar-refractivity contribution >= 4 is 17.4 Å². The summed E-state index contributed by atoms with van der Waals surface area (Å²) in [4.78, 5) is 16.2. The van der Waals surface area contributed by atoms with E-state index in [0.717, 1.165) is 11.3 Å². The summed E-state index contributed by atoms with van der Waals surface area (Å²) in [5, 5.41) is 11.7. The average molecular weight is 322 g/mol. The number of rotatable bonds is 5. The van der Waals surface area contributed by atoms with Crippen molar-refractivity contribution in [3.8, 4) is 6.07 Å². The summed E-state index contributed by atoms with van der Waals surface area (Å²) in [6.07, 6.45) is 0. The van der Waals surface area contributed by atoms with Crippen LogP contribution in [0.15, 0.2) is 48.5 Å². The first kappa shape index (κ1) is 17.4. The van der Waals surface area contributed by atoms with E-state index in [1.807, 2.05) is 50.2 Å². The van der Waals surface area contributed by atoms with Gasteiger partial charge in [0.05, 0.1) is 11.6 Å². The lowest BCUT2D eigenvalue weighted by molar-refractivity contribution is 0.212. The molecule has 0 spiro atoms. The van der Waals surface area contributed by atoms with Crippen molar-refractivity contribution in [2.75, 3.05) is 30.9 Å². The number of anilines is 2. The van der Waals surface area contributed by atoms with Crippen LogP contribution in [0.4, 0.5) is 16.2 Å². The normalized spacial score (nSPS) is 9.92. The van der Waals surface area contributed by atoms with Gasteiger partial charge in [0.25, 0.3) is 0 Å². The van der Waals surface area contributed by atoms with Crippen LogP contribution in [-0.4, -0.2) is 31.6 Å². The van der Waals surface area contributed by atoms with Crippen LogP contribution in [0.5, 0.6) is 0 Å². The van der Waals surface area contributed by atoms with Crippen LogP contribution in [0.1, 0.15) is 18.1 Å². The second kappa shape index (κ2) is 8.02. The Morgan fingerprint density at radius 2 is 1.71 bits per heavy atom. The Balaban J connectivity index is 2.01. The van der Waals surface area contributed by atoms with Gasteiger partial charge in [-0.15, -0.1) is 0 Å². The highest BCUT2D eigenvalue weighted by atomic mass is 16.2. The van der Waals surface area contributed by atoms with Crippen molar-refractivity contribution in [1.82, 2.24) is 4.90 Å². The molecule has 0 saturated heterocycles. The molecule has 0 bridgehead atoms. The third-order valence-electron chi connectivity index (χ3n) is 3.76. The van der Waals surface area contributed by atoms with Gasteiger partial charge in [0, 0.05) is 38.6 Å². The molecule has 24 heavy (non-hydrogen) atoms. The first-order valence-electron chi connectivity index (χ1n) is 7.86. The molecule has 2 rings (SSSR count). The number of nitrogens with one attached hydrogen (secondary N) is 1. The Morgan fingerprint density at radius 1 is 1.08 bits per heavy atom. The fourth-order valence-electron chi connectivity index (χ4n) is 2.28. The molecule has 0 heterocycles. The molecule has 5 nitrogen and oxygen atoms in total. The zero-order valence-electron chi connectivity index (χ0n) is 14.3. The Labute approximate surface area is 143 Å². The third kappa shape index (κ3) is 4.50. The zero-order valence-corrected chi connectivity index (χ0v) is 14.3. The molecule has 1 N–H and O–H groups in total. The van der Waals surface area contributed by atoms with Gasteiger partial charge < -0.3 is 15.1 Å². The van der Waals surface area contributed by atoms with Gasteiger partial charge in [0.15, 0.2) is 0 Å². The lowest BCUT2D eigenvalue weighted by Crippen LogP contribution is -2.34. The van der Waals surface area contributed by atoms with E-state index in [2.05, 4.69) is 11.4 Å². The number of urea groups is 1. The van der Waals surface area contributed by atoms with E-state index in [-0.39, 0.29) is 6.03 Å². The van der Waals surface area contributed by atoms with Crippen LogP contribution in [0.25, 0.3) is 0 Å². The molecule has 2 amide bonds. The summed E-state index contributed by atoms with van der Waals surface area (Å²) in [6.45, 7) is 3.11. The predicted octanol–water partition coefficient (Wildman–Crippen LogP) is 3.68. The minimum atomic E-state index is -0.154. The number of carbonyl (C=O) groups is 1. The topological polar surface area (TPSA) is 59.4 Å². The van der Waals surface area contributed by atoms with Crippen molar-refractivity contribution in [2.45, 2.75) is 13.5 Å². The molecule has 0 aliphatic rings. The van der Waals surface area contributed by atoms with Gasteiger partial charge >= 0.3 is 6.03 Å². The average Bonchev–Trinajstić information content (AvgIpc) is 2.60. The largest absolute Gasteiger partial charge is 0.378 e. The molecule has 0 unspecified atom stereocenters. The van der Waals surface area contributed by atoms with Crippen LogP contribution in [0.3, 0.4) is 0 Å². The molecule has 0 radical (unpaired) electrons. The SMILES string of the molecule is CCN(Cc1ccc(N(C)C)cc1)C(=O)Nc1ccc(C#N)cc1. The molecule has 0 aliphatic heterocycles. The highest BCUT2D eigenvalue weighted by molar-refractivity contribution is 5.89. The van der Waals surface area contributed by atoms with Crippen molar-refractivity contribution in [3.63, 3.8) is 0 Å². The fourth-order valence-corrected chi connectivity index (χ4v) is 2.28. The second-order valence-electron chi connectivity index (χ2n) is 5.69. The Kier molecular flexibility index (Phi) is 5.80.